The molecule has 0 radical (unpaired) electrons. The van der Waals surface area contributed by atoms with E-state index >= 15 is 0 Å². The molecule has 2 atom stereocenters. The molecule has 0 fully saturated rings. The van der Waals surface area contributed by atoms with Crippen LogP contribution in [0.1, 0.15) is 22.8 Å². The third-order valence-electron chi connectivity index (χ3n) is 3.80. The molecular formula is C18H15BrF3NO4. The summed E-state index contributed by atoms with van der Waals surface area (Å²) < 4.78 is 38.4. The summed E-state index contributed by atoms with van der Waals surface area (Å²) in [4.78, 5) is 23.6. The minimum Gasteiger partial charge on any atom is -0.480 e. The van der Waals surface area contributed by atoms with Crippen LogP contribution in [-0.2, 0) is 22.2 Å². The number of aliphatic carboxylic acids is 1. The molecule has 1 amide bonds. The van der Waals surface area contributed by atoms with E-state index in [-0.39, 0.29) is 12.0 Å². The molecule has 2 aromatic rings. The van der Waals surface area contributed by atoms with Crippen LogP contribution in [-0.4, -0.2) is 28.1 Å². The SMILES string of the molecule is O=C(O)[C@@H](Cc1ccccc1Br)NC(=O)[C@H](O)c1ccc(C(F)(F)F)cc1. The van der Waals surface area contributed by atoms with Gasteiger partial charge in [-0.25, -0.2) is 4.79 Å². The summed E-state index contributed by atoms with van der Waals surface area (Å²) >= 11 is 3.28. The Morgan fingerprint density at radius 3 is 2.19 bits per heavy atom. The van der Waals surface area contributed by atoms with Crippen molar-refractivity contribution in [1.29, 1.82) is 0 Å². The maximum Gasteiger partial charge on any atom is 0.416 e. The van der Waals surface area contributed by atoms with E-state index in [1.165, 1.54) is 0 Å². The number of carbonyl (C=O) groups is 2. The van der Waals surface area contributed by atoms with Crippen LogP contribution in [0.5, 0.6) is 0 Å². The Labute approximate surface area is 161 Å². The van der Waals surface area contributed by atoms with Gasteiger partial charge in [-0.2, -0.15) is 13.2 Å². The fraction of sp³-hybridized carbons (Fsp3) is 0.222. The Morgan fingerprint density at radius 2 is 1.67 bits per heavy atom. The molecule has 144 valence electrons. The molecule has 0 aliphatic heterocycles. The van der Waals surface area contributed by atoms with E-state index in [2.05, 4.69) is 21.2 Å². The highest BCUT2D eigenvalue weighted by atomic mass is 79.9. The number of carbonyl (C=O) groups excluding carboxylic acids is 1. The number of aliphatic hydroxyl groups is 1. The van der Waals surface area contributed by atoms with Crippen molar-refractivity contribution in [3.05, 3.63) is 69.7 Å². The summed E-state index contributed by atoms with van der Waals surface area (Å²) in [6.07, 6.45) is -6.38. The Balaban J connectivity index is 2.10. The molecule has 3 N–H and O–H groups in total. The standard InChI is InChI=1S/C18H15BrF3NO4/c19-13-4-2-1-3-11(13)9-14(17(26)27)23-16(25)15(24)10-5-7-12(8-6-10)18(20,21)22/h1-8,14-15,24H,9H2,(H,23,25)(H,26,27)/t14-,15-/m1/s1. The lowest BCUT2D eigenvalue weighted by molar-refractivity contribution is -0.143. The van der Waals surface area contributed by atoms with Gasteiger partial charge in [0.25, 0.3) is 5.91 Å². The lowest BCUT2D eigenvalue weighted by Crippen LogP contribution is -2.44. The van der Waals surface area contributed by atoms with Gasteiger partial charge in [0.05, 0.1) is 5.56 Å². The molecular weight excluding hydrogens is 431 g/mol. The van der Waals surface area contributed by atoms with Gasteiger partial charge in [-0.15, -0.1) is 0 Å². The van der Waals surface area contributed by atoms with Gasteiger partial charge in [0.1, 0.15) is 6.04 Å². The van der Waals surface area contributed by atoms with E-state index in [0.29, 0.717) is 10.0 Å². The van der Waals surface area contributed by atoms with E-state index < -0.39 is 35.8 Å². The van der Waals surface area contributed by atoms with Crippen LogP contribution in [0.3, 0.4) is 0 Å². The van der Waals surface area contributed by atoms with Gasteiger partial charge in [-0.3, -0.25) is 4.79 Å². The zero-order valence-electron chi connectivity index (χ0n) is 13.7. The number of rotatable bonds is 6. The number of nitrogens with one attached hydrogen (secondary N) is 1. The van der Waals surface area contributed by atoms with Gasteiger partial charge < -0.3 is 15.5 Å². The number of halogens is 4. The summed E-state index contributed by atoms with van der Waals surface area (Å²) in [5, 5.41) is 21.6. The second-order valence-electron chi connectivity index (χ2n) is 5.72. The first kappa shape index (κ1) is 20.9. The summed E-state index contributed by atoms with van der Waals surface area (Å²) in [6, 6.07) is 8.94. The van der Waals surface area contributed by atoms with Crippen LogP contribution >= 0.6 is 15.9 Å². The first-order chi connectivity index (χ1) is 12.6. The van der Waals surface area contributed by atoms with Crippen molar-refractivity contribution in [2.75, 3.05) is 0 Å². The highest BCUT2D eigenvalue weighted by Crippen LogP contribution is 2.30. The van der Waals surface area contributed by atoms with Crippen molar-refractivity contribution in [2.45, 2.75) is 24.7 Å². The average Bonchev–Trinajstić information content (AvgIpc) is 2.61. The monoisotopic (exact) mass is 445 g/mol. The van der Waals surface area contributed by atoms with Crippen molar-refractivity contribution in [3.63, 3.8) is 0 Å². The number of alkyl halides is 3. The molecule has 0 saturated carbocycles. The second kappa shape index (κ2) is 8.53. The number of benzene rings is 2. The molecule has 0 unspecified atom stereocenters. The van der Waals surface area contributed by atoms with Crippen molar-refractivity contribution in [3.8, 4) is 0 Å². The molecule has 0 saturated heterocycles. The molecule has 0 spiro atoms. The lowest BCUT2D eigenvalue weighted by atomic mass is 10.0. The summed E-state index contributed by atoms with van der Waals surface area (Å²) in [5.74, 6) is -2.33. The van der Waals surface area contributed by atoms with Crippen LogP contribution < -0.4 is 5.32 Å². The van der Waals surface area contributed by atoms with Crippen LogP contribution in [0.25, 0.3) is 0 Å². The van der Waals surface area contributed by atoms with E-state index in [0.717, 1.165) is 24.3 Å². The molecule has 9 heteroatoms. The Morgan fingerprint density at radius 1 is 1.07 bits per heavy atom. The largest absolute Gasteiger partial charge is 0.480 e. The van der Waals surface area contributed by atoms with E-state index in [1.54, 1.807) is 24.3 Å². The fourth-order valence-electron chi connectivity index (χ4n) is 2.34. The molecule has 5 nitrogen and oxygen atoms in total. The van der Waals surface area contributed by atoms with E-state index in [9.17, 15) is 33.0 Å². The van der Waals surface area contributed by atoms with Crippen LogP contribution in [0.15, 0.2) is 53.0 Å². The van der Waals surface area contributed by atoms with E-state index in [1.807, 2.05) is 0 Å². The summed E-state index contributed by atoms with van der Waals surface area (Å²) in [5.41, 5.74) is -0.365. The summed E-state index contributed by atoms with van der Waals surface area (Å²) in [6.45, 7) is 0. The smallest absolute Gasteiger partial charge is 0.416 e. The molecule has 27 heavy (non-hydrogen) atoms. The summed E-state index contributed by atoms with van der Waals surface area (Å²) in [7, 11) is 0. The van der Waals surface area contributed by atoms with Crippen molar-refractivity contribution < 1.29 is 33.0 Å². The minimum atomic E-state index is -4.54. The topological polar surface area (TPSA) is 86.6 Å². The molecule has 0 aliphatic rings. The van der Waals surface area contributed by atoms with Gasteiger partial charge in [-0.1, -0.05) is 46.3 Å². The van der Waals surface area contributed by atoms with Crippen molar-refractivity contribution in [2.24, 2.45) is 0 Å². The highest BCUT2D eigenvalue weighted by Gasteiger charge is 2.31. The van der Waals surface area contributed by atoms with Gasteiger partial charge in [0, 0.05) is 10.9 Å². The Kier molecular flexibility index (Phi) is 6.61. The first-order valence-corrected chi connectivity index (χ1v) is 8.50. The number of hydrogen-bond donors (Lipinski definition) is 3. The van der Waals surface area contributed by atoms with Crippen LogP contribution in [0.2, 0.25) is 0 Å². The predicted octanol–water partition coefficient (Wildman–Crippen LogP) is 3.31. The first-order valence-electron chi connectivity index (χ1n) is 7.71. The van der Waals surface area contributed by atoms with Gasteiger partial charge in [0.2, 0.25) is 0 Å². The molecule has 0 aromatic heterocycles. The molecule has 2 rings (SSSR count). The normalized spacial score (nSPS) is 13.7. The number of carboxylic acids is 1. The molecule has 0 heterocycles. The van der Waals surface area contributed by atoms with Crippen molar-refractivity contribution >= 4 is 27.8 Å². The van der Waals surface area contributed by atoms with Crippen molar-refractivity contribution in [1.82, 2.24) is 5.32 Å². The molecule has 0 aliphatic carbocycles. The molecule has 0 bridgehead atoms. The highest BCUT2D eigenvalue weighted by molar-refractivity contribution is 9.10. The number of aliphatic hydroxyl groups excluding tert-OH is 1. The Bertz CT molecular complexity index is 824. The third kappa shape index (κ3) is 5.54. The minimum absolute atomic E-state index is 0.0395. The Hall–Kier alpha value is -2.39. The number of carboxylic acid groups (broad SMARTS) is 1. The van der Waals surface area contributed by atoms with Gasteiger partial charge in [0.15, 0.2) is 6.10 Å². The van der Waals surface area contributed by atoms with Gasteiger partial charge >= 0.3 is 12.1 Å². The predicted molar refractivity (Wildman–Crippen MR) is 93.8 cm³/mol. The average molecular weight is 446 g/mol. The quantitative estimate of drug-likeness (QED) is 0.636. The fourth-order valence-corrected chi connectivity index (χ4v) is 2.79. The number of hydrogen-bond acceptors (Lipinski definition) is 3. The zero-order chi connectivity index (χ0) is 20.2. The maximum atomic E-state index is 12.6. The third-order valence-corrected chi connectivity index (χ3v) is 4.57. The van der Waals surface area contributed by atoms with Crippen LogP contribution in [0.4, 0.5) is 13.2 Å². The number of amides is 1. The second-order valence-corrected chi connectivity index (χ2v) is 6.57. The van der Waals surface area contributed by atoms with Gasteiger partial charge in [-0.05, 0) is 29.3 Å². The zero-order valence-corrected chi connectivity index (χ0v) is 15.3. The maximum absolute atomic E-state index is 12.6. The lowest BCUT2D eigenvalue weighted by Gasteiger charge is -2.18. The van der Waals surface area contributed by atoms with E-state index in [4.69, 9.17) is 0 Å². The van der Waals surface area contributed by atoms with Crippen LogP contribution in [0, 0.1) is 0 Å². The molecule has 2 aromatic carbocycles.